The number of aliphatic carboxylic acids is 1. The van der Waals surface area contributed by atoms with Crippen molar-refractivity contribution in [1.29, 1.82) is 0 Å². The van der Waals surface area contributed by atoms with Gasteiger partial charge in [0, 0.05) is 56.2 Å². The number of carbonyl (C=O) groups is 3. The summed E-state index contributed by atoms with van der Waals surface area (Å²) in [5.41, 5.74) is -5.52. The lowest BCUT2D eigenvalue weighted by molar-refractivity contribution is -0.163. The molecule has 2 amide bonds. The molecule has 2 aromatic heterocycles. The summed E-state index contributed by atoms with van der Waals surface area (Å²) < 4.78 is 83.6. The van der Waals surface area contributed by atoms with Gasteiger partial charge in [-0.15, -0.1) is 11.3 Å². The average Bonchev–Trinajstić information content (AvgIpc) is 3.63. The van der Waals surface area contributed by atoms with Crippen LogP contribution in [0, 0.1) is 5.41 Å². The molecular formula is C41H48F5N3O7S. The van der Waals surface area contributed by atoms with Gasteiger partial charge in [0.2, 0.25) is 5.60 Å². The zero-order chi connectivity index (χ0) is 41.2. The first-order valence-corrected chi connectivity index (χ1v) is 20.3. The molecule has 1 saturated carbocycles. The Bertz CT molecular complexity index is 1920. The minimum atomic E-state index is -4.88. The number of piperidine rings is 2. The fraction of sp³-hybridized carbons (Fsp3) is 0.561. The lowest BCUT2D eigenvalue weighted by Gasteiger charge is -2.51. The van der Waals surface area contributed by atoms with Crippen LogP contribution in [-0.2, 0) is 27.3 Å². The van der Waals surface area contributed by atoms with Crippen LogP contribution in [0.4, 0.5) is 22.0 Å². The zero-order valence-corrected chi connectivity index (χ0v) is 32.8. The van der Waals surface area contributed by atoms with Gasteiger partial charge in [-0.2, -0.15) is 13.2 Å². The molecule has 1 aromatic carbocycles. The first-order chi connectivity index (χ1) is 26.9. The highest BCUT2D eigenvalue weighted by atomic mass is 32.1. The van der Waals surface area contributed by atoms with E-state index in [0.29, 0.717) is 43.4 Å². The van der Waals surface area contributed by atoms with Crippen LogP contribution in [0.25, 0.3) is 0 Å². The average molecular weight is 822 g/mol. The normalized spacial score (nSPS) is 22.1. The Morgan fingerprint density at radius 2 is 1.70 bits per heavy atom. The van der Waals surface area contributed by atoms with Gasteiger partial charge in [-0.25, -0.2) is 8.78 Å². The van der Waals surface area contributed by atoms with E-state index in [1.807, 2.05) is 0 Å². The van der Waals surface area contributed by atoms with E-state index in [9.17, 15) is 41.8 Å². The number of carbonyl (C=O) groups excluding carboxylic acids is 2. The van der Waals surface area contributed by atoms with Crippen molar-refractivity contribution in [3.63, 3.8) is 0 Å². The fourth-order valence-electron chi connectivity index (χ4n) is 8.52. The molecule has 0 spiro atoms. The number of halogens is 5. The quantitative estimate of drug-likeness (QED) is 0.123. The van der Waals surface area contributed by atoms with Gasteiger partial charge in [0.25, 0.3) is 17.7 Å². The van der Waals surface area contributed by atoms with Gasteiger partial charge in [0.15, 0.2) is 0 Å². The summed E-state index contributed by atoms with van der Waals surface area (Å²) in [6.07, 6.45) is 0.258. The standard InChI is InChI=1S/C41H48F5N3O7S/c1-3-10-31-40(56-27-25-32(57-26-27)37(2,42)43,17-8-21-49(31)34(50)33-29(41(44,45)46)12-6-20-47-33)35(51)48-22-18-39(54,19-23-48)28-11-4-5-13-30(28)55-24-9-16-38(36(52)53)14-7-15-38/h4-6,11-13,20,25-26,31,54H,3,7-10,14-19,21-24H2,1-2H3,(H,52,53)/t31-,40+/m1/s1. The highest BCUT2D eigenvalue weighted by Gasteiger charge is 2.57. The predicted octanol–water partition coefficient (Wildman–Crippen LogP) is 8.42. The van der Waals surface area contributed by atoms with Gasteiger partial charge in [-0.05, 0) is 69.6 Å². The Morgan fingerprint density at radius 3 is 2.32 bits per heavy atom. The second-order valence-corrected chi connectivity index (χ2v) is 16.5. The van der Waals surface area contributed by atoms with Crippen molar-refractivity contribution in [3.8, 4) is 11.5 Å². The first-order valence-electron chi connectivity index (χ1n) is 19.4. The summed E-state index contributed by atoms with van der Waals surface area (Å²) in [5, 5.41) is 23.1. The number of nitrogens with zero attached hydrogens (tertiary/aromatic N) is 3. The van der Waals surface area contributed by atoms with Gasteiger partial charge in [-0.1, -0.05) is 38.0 Å². The minimum Gasteiger partial charge on any atom is -0.493 e. The highest BCUT2D eigenvalue weighted by Crippen LogP contribution is 2.46. The first kappa shape index (κ1) is 42.3. The number of rotatable bonds is 14. The Morgan fingerprint density at radius 1 is 0.982 bits per heavy atom. The molecule has 0 bridgehead atoms. The maximum Gasteiger partial charge on any atom is 0.418 e. The number of amides is 2. The number of aliphatic hydroxyl groups is 1. The van der Waals surface area contributed by atoms with Gasteiger partial charge in [0.05, 0.1) is 34.1 Å². The predicted molar refractivity (Wildman–Crippen MR) is 200 cm³/mol. The third kappa shape index (κ3) is 8.62. The topological polar surface area (TPSA) is 130 Å². The second-order valence-electron chi connectivity index (χ2n) is 15.5. The van der Waals surface area contributed by atoms with Crippen LogP contribution in [-0.4, -0.2) is 80.7 Å². The number of para-hydroxylation sites is 1. The van der Waals surface area contributed by atoms with E-state index in [4.69, 9.17) is 9.47 Å². The molecule has 16 heteroatoms. The van der Waals surface area contributed by atoms with Crippen LogP contribution in [0.2, 0.25) is 0 Å². The Hall–Kier alpha value is -4.31. The number of pyridine rings is 1. The molecule has 1 aliphatic carbocycles. The van der Waals surface area contributed by atoms with Crippen molar-refractivity contribution >= 4 is 29.1 Å². The second kappa shape index (κ2) is 16.5. The van der Waals surface area contributed by atoms with Crippen molar-refractivity contribution in [2.75, 3.05) is 26.2 Å². The third-order valence-electron chi connectivity index (χ3n) is 11.8. The van der Waals surface area contributed by atoms with Crippen LogP contribution in [0.3, 0.4) is 0 Å². The van der Waals surface area contributed by atoms with Crippen molar-refractivity contribution < 1.29 is 56.0 Å². The smallest absolute Gasteiger partial charge is 0.418 e. The van der Waals surface area contributed by atoms with Crippen LogP contribution in [0.5, 0.6) is 11.5 Å². The molecule has 3 aliphatic rings. The summed E-state index contributed by atoms with van der Waals surface area (Å²) in [6.45, 7) is 2.85. The largest absolute Gasteiger partial charge is 0.493 e. The summed E-state index contributed by atoms with van der Waals surface area (Å²) in [4.78, 5) is 47.1. The zero-order valence-electron chi connectivity index (χ0n) is 32.0. The van der Waals surface area contributed by atoms with Crippen molar-refractivity contribution in [2.24, 2.45) is 5.41 Å². The van der Waals surface area contributed by atoms with E-state index < -0.39 is 63.8 Å². The molecular weight excluding hydrogens is 774 g/mol. The number of likely N-dealkylation sites (tertiary alicyclic amines) is 2. The molecule has 57 heavy (non-hydrogen) atoms. The van der Waals surface area contributed by atoms with Gasteiger partial charge in [-0.3, -0.25) is 19.4 Å². The van der Waals surface area contributed by atoms with Crippen LogP contribution in [0.15, 0.2) is 54.0 Å². The van der Waals surface area contributed by atoms with E-state index in [0.717, 1.165) is 49.1 Å². The molecule has 6 rings (SSSR count). The minimum absolute atomic E-state index is 0.00546. The van der Waals surface area contributed by atoms with E-state index >= 15 is 4.79 Å². The molecule has 4 heterocycles. The maximum absolute atomic E-state index is 15.0. The number of alkyl halides is 5. The van der Waals surface area contributed by atoms with Crippen LogP contribution >= 0.6 is 11.3 Å². The molecule has 2 saturated heterocycles. The van der Waals surface area contributed by atoms with Crippen molar-refractivity contribution in [1.82, 2.24) is 14.8 Å². The SMILES string of the molecule is CCC[C@H]1N(C(=O)c2ncccc2C(F)(F)F)CCC[C@@]1(Oc1csc(C(C)(F)F)c1)C(=O)N1CCC(O)(c2ccccc2OCCCC2(C(=O)O)CCC2)CC1. The van der Waals surface area contributed by atoms with Gasteiger partial charge < -0.3 is 29.5 Å². The molecule has 2 atom stereocenters. The number of ether oxygens (including phenoxy) is 2. The summed E-state index contributed by atoms with van der Waals surface area (Å²) in [7, 11) is 0. The number of benzene rings is 1. The van der Waals surface area contributed by atoms with E-state index in [-0.39, 0.29) is 69.0 Å². The van der Waals surface area contributed by atoms with Crippen molar-refractivity contribution in [3.05, 3.63) is 75.7 Å². The number of hydrogen-bond donors (Lipinski definition) is 2. The third-order valence-corrected chi connectivity index (χ3v) is 12.8. The number of aromatic nitrogens is 1. The summed E-state index contributed by atoms with van der Waals surface area (Å²) >= 11 is 0.740. The molecule has 2 aliphatic heterocycles. The molecule has 0 unspecified atom stereocenters. The van der Waals surface area contributed by atoms with Crippen LogP contribution < -0.4 is 9.47 Å². The molecule has 10 nitrogen and oxygen atoms in total. The van der Waals surface area contributed by atoms with E-state index in [2.05, 4.69) is 4.98 Å². The van der Waals surface area contributed by atoms with Gasteiger partial charge in [0.1, 0.15) is 17.2 Å². The van der Waals surface area contributed by atoms with E-state index in [1.54, 1.807) is 31.2 Å². The number of carboxylic acids is 1. The van der Waals surface area contributed by atoms with Crippen LogP contribution in [0.1, 0.15) is 111 Å². The molecule has 3 aromatic rings. The molecule has 2 N–H and O–H groups in total. The number of carboxylic acid groups (broad SMARTS) is 1. The maximum atomic E-state index is 15.0. The lowest BCUT2D eigenvalue weighted by Crippen LogP contribution is -2.68. The molecule has 0 radical (unpaired) electrons. The Labute approximate surface area is 332 Å². The molecule has 310 valence electrons. The van der Waals surface area contributed by atoms with Crippen molar-refractivity contribution in [2.45, 2.75) is 114 Å². The summed E-state index contributed by atoms with van der Waals surface area (Å²) in [5.74, 6) is -5.18. The molecule has 3 fully saturated rings. The fourth-order valence-corrected chi connectivity index (χ4v) is 9.27. The number of thiophene rings is 1. The lowest BCUT2D eigenvalue weighted by atomic mass is 9.66. The highest BCUT2D eigenvalue weighted by molar-refractivity contribution is 7.10. The van der Waals surface area contributed by atoms with Gasteiger partial charge >= 0.3 is 12.1 Å². The number of hydrogen-bond acceptors (Lipinski definition) is 8. The summed E-state index contributed by atoms with van der Waals surface area (Å²) in [6, 6.07) is 8.91. The Kier molecular flexibility index (Phi) is 12.3. The van der Waals surface area contributed by atoms with E-state index in [1.165, 1.54) is 15.2 Å². The Balaban J connectivity index is 1.26. The monoisotopic (exact) mass is 821 g/mol.